The largest absolute Gasteiger partial charge is 0.494 e. The number of nitrogens with zero attached hydrogens (tertiary/aromatic N) is 4. The Balaban J connectivity index is 1.25. The van der Waals surface area contributed by atoms with Crippen LogP contribution in [-0.4, -0.2) is 38.3 Å². The molecule has 0 atom stereocenters. The zero-order valence-corrected chi connectivity index (χ0v) is 17.2. The molecule has 0 radical (unpaired) electrons. The van der Waals surface area contributed by atoms with Crippen LogP contribution in [0.1, 0.15) is 44.2 Å². The molecule has 1 amide bonds. The molecule has 1 N–H and O–H groups in total. The Morgan fingerprint density at radius 2 is 1.93 bits per heavy atom. The van der Waals surface area contributed by atoms with Crippen LogP contribution in [-0.2, 0) is 11.2 Å². The molecule has 0 bridgehead atoms. The number of ether oxygens (including phenoxy) is 1. The molecule has 2 aromatic heterocycles. The fourth-order valence-corrected chi connectivity index (χ4v) is 3.94. The van der Waals surface area contributed by atoms with E-state index in [1.54, 1.807) is 18.6 Å². The van der Waals surface area contributed by atoms with Gasteiger partial charge in [0.05, 0.1) is 37.2 Å². The molecule has 1 fully saturated rings. The van der Waals surface area contributed by atoms with Gasteiger partial charge in [0.25, 0.3) is 0 Å². The van der Waals surface area contributed by atoms with Crippen LogP contribution in [0.15, 0.2) is 55.2 Å². The second kappa shape index (κ2) is 9.52. The van der Waals surface area contributed by atoms with Gasteiger partial charge in [0.15, 0.2) is 0 Å². The van der Waals surface area contributed by atoms with E-state index >= 15 is 0 Å². The summed E-state index contributed by atoms with van der Waals surface area (Å²) in [5.74, 6) is 0.910. The highest BCUT2D eigenvalue weighted by molar-refractivity contribution is 5.78. The summed E-state index contributed by atoms with van der Waals surface area (Å²) < 4.78 is 7.48. The number of benzene rings is 1. The Labute approximate surface area is 176 Å². The van der Waals surface area contributed by atoms with E-state index in [9.17, 15) is 4.79 Å². The third kappa shape index (κ3) is 5.03. The minimum absolute atomic E-state index is 0.0756. The van der Waals surface area contributed by atoms with Crippen molar-refractivity contribution >= 4 is 5.91 Å². The molecule has 4 rings (SSSR count). The van der Waals surface area contributed by atoms with Gasteiger partial charge >= 0.3 is 0 Å². The number of hydrogen-bond acceptors (Lipinski definition) is 5. The molecule has 30 heavy (non-hydrogen) atoms. The summed E-state index contributed by atoms with van der Waals surface area (Å²) in [6.45, 7) is 2.60. The molecular formula is C23H27N5O2. The summed E-state index contributed by atoms with van der Waals surface area (Å²) in [4.78, 5) is 20.9. The summed E-state index contributed by atoms with van der Waals surface area (Å²) in [5, 5.41) is 7.72. The van der Waals surface area contributed by atoms with Gasteiger partial charge in [-0.2, -0.15) is 5.10 Å². The lowest BCUT2D eigenvalue weighted by Crippen LogP contribution is -2.38. The first-order valence-electron chi connectivity index (χ1n) is 10.5. The standard InChI is InChI=1S/C23H27N5O2/c1-2-30-21-9-3-17(4-10-21)13-23(29)27-19-5-7-20(8-6-19)28-16-18(14-26-28)22-15-24-11-12-25-22/h3-4,9-12,14-16,19-20H,2,5-8,13H2,1H3,(H,27,29). The highest BCUT2D eigenvalue weighted by Crippen LogP contribution is 2.29. The van der Waals surface area contributed by atoms with Gasteiger partial charge in [-0.25, -0.2) is 0 Å². The van der Waals surface area contributed by atoms with Crippen LogP contribution >= 0.6 is 0 Å². The lowest BCUT2D eigenvalue weighted by Gasteiger charge is -2.29. The van der Waals surface area contributed by atoms with Crippen molar-refractivity contribution in [3.63, 3.8) is 0 Å². The van der Waals surface area contributed by atoms with Crippen LogP contribution in [0.2, 0.25) is 0 Å². The Morgan fingerprint density at radius 1 is 1.13 bits per heavy atom. The van der Waals surface area contributed by atoms with Gasteiger partial charge < -0.3 is 10.1 Å². The van der Waals surface area contributed by atoms with E-state index in [0.717, 1.165) is 48.3 Å². The lowest BCUT2D eigenvalue weighted by molar-refractivity contribution is -0.121. The number of carbonyl (C=O) groups is 1. The number of hydrogen-bond donors (Lipinski definition) is 1. The third-order valence-electron chi connectivity index (χ3n) is 5.50. The molecule has 1 saturated carbocycles. The second-order valence-corrected chi connectivity index (χ2v) is 7.63. The molecule has 0 spiro atoms. The summed E-state index contributed by atoms with van der Waals surface area (Å²) in [6, 6.07) is 8.32. The zero-order chi connectivity index (χ0) is 20.8. The van der Waals surface area contributed by atoms with E-state index in [4.69, 9.17) is 4.74 Å². The van der Waals surface area contributed by atoms with Crippen molar-refractivity contribution in [1.82, 2.24) is 25.1 Å². The molecule has 7 heteroatoms. The van der Waals surface area contributed by atoms with Crippen molar-refractivity contribution < 1.29 is 9.53 Å². The van der Waals surface area contributed by atoms with E-state index in [1.165, 1.54) is 0 Å². The first-order valence-corrected chi connectivity index (χ1v) is 10.5. The predicted molar refractivity (Wildman–Crippen MR) is 114 cm³/mol. The first kappa shape index (κ1) is 20.1. The van der Waals surface area contributed by atoms with Gasteiger partial charge in [0.2, 0.25) is 5.91 Å². The van der Waals surface area contributed by atoms with E-state index in [-0.39, 0.29) is 11.9 Å². The van der Waals surface area contributed by atoms with E-state index in [1.807, 2.05) is 48.3 Å². The van der Waals surface area contributed by atoms with Crippen LogP contribution in [0.4, 0.5) is 0 Å². The van der Waals surface area contributed by atoms with Crippen LogP contribution in [0.3, 0.4) is 0 Å². The fourth-order valence-electron chi connectivity index (χ4n) is 3.94. The SMILES string of the molecule is CCOc1ccc(CC(=O)NC2CCC(n3cc(-c4cnccn4)cn3)CC2)cc1. The summed E-state index contributed by atoms with van der Waals surface area (Å²) in [6.07, 6.45) is 13.3. The summed E-state index contributed by atoms with van der Waals surface area (Å²) in [5.41, 5.74) is 2.81. The average molecular weight is 406 g/mol. The van der Waals surface area contributed by atoms with Crippen molar-refractivity contribution in [2.45, 2.75) is 51.1 Å². The van der Waals surface area contributed by atoms with Crippen LogP contribution in [0.25, 0.3) is 11.3 Å². The Morgan fingerprint density at radius 3 is 2.63 bits per heavy atom. The molecule has 0 aliphatic heterocycles. The van der Waals surface area contributed by atoms with Gasteiger partial charge in [0.1, 0.15) is 5.75 Å². The number of carbonyl (C=O) groups excluding carboxylic acids is 1. The zero-order valence-electron chi connectivity index (χ0n) is 17.2. The van der Waals surface area contributed by atoms with E-state index in [0.29, 0.717) is 19.1 Å². The minimum atomic E-state index is 0.0756. The van der Waals surface area contributed by atoms with Crippen LogP contribution < -0.4 is 10.1 Å². The second-order valence-electron chi connectivity index (χ2n) is 7.63. The monoisotopic (exact) mass is 405 g/mol. The summed E-state index contributed by atoms with van der Waals surface area (Å²) >= 11 is 0. The minimum Gasteiger partial charge on any atom is -0.494 e. The molecule has 1 aliphatic carbocycles. The topological polar surface area (TPSA) is 81.9 Å². The predicted octanol–water partition coefficient (Wildman–Crippen LogP) is 3.58. The van der Waals surface area contributed by atoms with Gasteiger partial charge in [-0.05, 0) is 50.3 Å². The Bertz CT molecular complexity index is 947. The Hall–Kier alpha value is -3.22. The lowest BCUT2D eigenvalue weighted by atomic mass is 9.91. The van der Waals surface area contributed by atoms with Crippen molar-refractivity contribution in [3.05, 3.63) is 60.8 Å². The maximum Gasteiger partial charge on any atom is 0.224 e. The van der Waals surface area contributed by atoms with Crippen molar-refractivity contribution in [2.24, 2.45) is 0 Å². The van der Waals surface area contributed by atoms with E-state index in [2.05, 4.69) is 20.4 Å². The normalized spacial score (nSPS) is 18.7. The smallest absolute Gasteiger partial charge is 0.224 e. The molecule has 7 nitrogen and oxygen atoms in total. The molecule has 1 aliphatic rings. The fraction of sp³-hybridized carbons (Fsp3) is 0.391. The Kier molecular flexibility index (Phi) is 6.37. The highest BCUT2D eigenvalue weighted by atomic mass is 16.5. The maximum atomic E-state index is 12.4. The molecule has 0 unspecified atom stereocenters. The van der Waals surface area contributed by atoms with Gasteiger partial charge in [-0.3, -0.25) is 19.4 Å². The molecule has 156 valence electrons. The highest BCUT2D eigenvalue weighted by Gasteiger charge is 2.24. The van der Waals surface area contributed by atoms with E-state index < -0.39 is 0 Å². The molecule has 0 saturated heterocycles. The average Bonchev–Trinajstić information content (AvgIpc) is 3.27. The maximum absolute atomic E-state index is 12.4. The molecule has 1 aromatic carbocycles. The molecule has 2 heterocycles. The third-order valence-corrected chi connectivity index (χ3v) is 5.50. The van der Waals surface area contributed by atoms with Crippen LogP contribution in [0.5, 0.6) is 5.75 Å². The first-order chi connectivity index (χ1) is 14.7. The van der Waals surface area contributed by atoms with Gasteiger partial charge in [-0.1, -0.05) is 12.1 Å². The van der Waals surface area contributed by atoms with Gasteiger partial charge in [0, 0.05) is 30.2 Å². The number of rotatable bonds is 7. The van der Waals surface area contributed by atoms with Crippen molar-refractivity contribution in [3.8, 4) is 17.0 Å². The number of aromatic nitrogens is 4. The van der Waals surface area contributed by atoms with Crippen molar-refractivity contribution in [1.29, 1.82) is 0 Å². The van der Waals surface area contributed by atoms with Crippen molar-refractivity contribution in [2.75, 3.05) is 6.61 Å². The number of nitrogens with one attached hydrogen (secondary N) is 1. The molecular weight excluding hydrogens is 378 g/mol. The summed E-state index contributed by atoms with van der Waals surface area (Å²) in [7, 11) is 0. The van der Waals surface area contributed by atoms with Crippen LogP contribution in [0, 0.1) is 0 Å². The van der Waals surface area contributed by atoms with Gasteiger partial charge in [-0.15, -0.1) is 0 Å². The molecule has 3 aromatic rings. The quantitative estimate of drug-likeness (QED) is 0.650. The number of amides is 1.